The van der Waals surface area contributed by atoms with E-state index in [9.17, 15) is 14.0 Å². The molecule has 0 aromatic carbocycles. The minimum absolute atomic E-state index is 0.249. The van der Waals surface area contributed by atoms with Crippen LogP contribution in [0.25, 0.3) is 0 Å². The molecule has 1 atom stereocenters. The van der Waals surface area contributed by atoms with Crippen LogP contribution in [0.1, 0.15) is 44.9 Å². The molecule has 0 aromatic rings. The molecule has 3 saturated heterocycles. The lowest BCUT2D eigenvalue weighted by atomic mass is 9.77. The van der Waals surface area contributed by atoms with E-state index in [0.717, 1.165) is 38.8 Å². The highest BCUT2D eigenvalue weighted by molar-refractivity contribution is 5.87. The first-order valence-corrected chi connectivity index (χ1v) is 8.90. The number of alkyl halides is 1. The molecule has 0 aromatic heterocycles. The van der Waals surface area contributed by atoms with Gasteiger partial charge in [0.1, 0.15) is 5.60 Å². The average molecular weight is 324 g/mol. The van der Waals surface area contributed by atoms with Crippen molar-refractivity contribution in [2.24, 2.45) is 5.92 Å². The number of ether oxygens (including phenoxy) is 1. The molecular formula is C17H25FN2O3. The van der Waals surface area contributed by atoms with Gasteiger partial charge in [-0.2, -0.15) is 0 Å². The maximum atomic E-state index is 14.2. The van der Waals surface area contributed by atoms with Crippen LogP contribution in [0.2, 0.25) is 0 Å². The zero-order valence-electron chi connectivity index (χ0n) is 13.6. The average Bonchev–Trinajstić information content (AvgIpc) is 2.88. The van der Waals surface area contributed by atoms with Gasteiger partial charge in [-0.25, -0.2) is 4.39 Å². The molecule has 128 valence electrons. The van der Waals surface area contributed by atoms with Gasteiger partial charge < -0.3 is 14.5 Å². The number of nitrogens with zero attached hydrogens (tertiary/aromatic N) is 2. The molecule has 23 heavy (non-hydrogen) atoms. The van der Waals surface area contributed by atoms with Crippen molar-refractivity contribution in [1.29, 1.82) is 0 Å². The summed E-state index contributed by atoms with van der Waals surface area (Å²) < 4.78 is 20.2. The SMILES string of the molecule is O=C1CCCN1C[C@H]1CCC2(CN(C(=O)C3(F)CCC3)C2)OC1. The van der Waals surface area contributed by atoms with Gasteiger partial charge in [0.05, 0.1) is 19.7 Å². The highest BCUT2D eigenvalue weighted by Crippen LogP contribution is 2.42. The van der Waals surface area contributed by atoms with Crippen molar-refractivity contribution in [3.05, 3.63) is 0 Å². The third kappa shape index (κ3) is 2.65. The number of carbonyl (C=O) groups excluding carboxylic acids is 2. The van der Waals surface area contributed by atoms with Crippen LogP contribution in [0, 0.1) is 5.92 Å². The van der Waals surface area contributed by atoms with Gasteiger partial charge in [-0.15, -0.1) is 0 Å². The predicted octanol–water partition coefficient (Wildman–Crippen LogP) is 1.51. The molecule has 5 nitrogen and oxygen atoms in total. The summed E-state index contributed by atoms with van der Waals surface area (Å²) >= 11 is 0. The van der Waals surface area contributed by atoms with E-state index in [0.29, 0.717) is 44.9 Å². The van der Waals surface area contributed by atoms with Crippen LogP contribution < -0.4 is 0 Å². The third-order valence-corrected chi connectivity index (χ3v) is 6.06. The second-order valence-electron chi connectivity index (χ2n) is 7.82. The highest BCUT2D eigenvalue weighted by Gasteiger charge is 2.55. The lowest BCUT2D eigenvalue weighted by molar-refractivity contribution is -0.199. The van der Waals surface area contributed by atoms with Gasteiger partial charge in [0, 0.05) is 25.4 Å². The number of carbonyl (C=O) groups is 2. The van der Waals surface area contributed by atoms with Crippen molar-refractivity contribution in [1.82, 2.24) is 9.80 Å². The first-order chi connectivity index (χ1) is 11.0. The Hall–Kier alpha value is -1.17. The van der Waals surface area contributed by atoms with Gasteiger partial charge in [-0.3, -0.25) is 9.59 Å². The predicted molar refractivity (Wildman–Crippen MR) is 81.5 cm³/mol. The largest absolute Gasteiger partial charge is 0.371 e. The number of likely N-dealkylation sites (tertiary alicyclic amines) is 2. The van der Waals surface area contributed by atoms with Crippen molar-refractivity contribution in [2.75, 3.05) is 32.8 Å². The quantitative estimate of drug-likeness (QED) is 0.791. The van der Waals surface area contributed by atoms with Gasteiger partial charge in [0.15, 0.2) is 5.67 Å². The summed E-state index contributed by atoms with van der Waals surface area (Å²) in [5, 5.41) is 0. The molecule has 3 aliphatic heterocycles. The summed E-state index contributed by atoms with van der Waals surface area (Å²) in [6, 6.07) is 0. The number of hydrogen-bond acceptors (Lipinski definition) is 3. The van der Waals surface area contributed by atoms with Gasteiger partial charge in [0.25, 0.3) is 5.91 Å². The topological polar surface area (TPSA) is 49.9 Å². The fraction of sp³-hybridized carbons (Fsp3) is 0.882. The molecule has 4 fully saturated rings. The monoisotopic (exact) mass is 324 g/mol. The van der Waals surface area contributed by atoms with E-state index < -0.39 is 5.67 Å². The Morgan fingerprint density at radius 2 is 2.04 bits per heavy atom. The summed E-state index contributed by atoms with van der Waals surface area (Å²) in [6.07, 6.45) is 5.15. The zero-order valence-corrected chi connectivity index (χ0v) is 13.6. The van der Waals surface area contributed by atoms with E-state index in [1.54, 1.807) is 4.90 Å². The van der Waals surface area contributed by atoms with E-state index in [2.05, 4.69) is 0 Å². The smallest absolute Gasteiger partial charge is 0.260 e. The molecule has 4 aliphatic rings. The van der Waals surface area contributed by atoms with Crippen LogP contribution in [-0.4, -0.2) is 65.7 Å². The summed E-state index contributed by atoms with van der Waals surface area (Å²) in [5.41, 5.74) is -1.84. The summed E-state index contributed by atoms with van der Waals surface area (Å²) in [5.74, 6) is 0.328. The molecule has 4 rings (SSSR count). The third-order valence-electron chi connectivity index (χ3n) is 6.06. The van der Waals surface area contributed by atoms with Gasteiger partial charge in [-0.05, 0) is 38.5 Å². The standard InChI is InChI=1S/C17H25FN2O3/c18-17(5-2-6-17)15(22)20-11-16(12-20)7-4-13(10-23-16)9-19-8-1-3-14(19)21/h13H,1-12H2/t13-/m1/s1. The van der Waals surface area contributed by atoms with E-state index in [1.807, 2.05) is 4.90 Å². The van der Waals surface area contributed by atoms with Crippen molar-refractivity contribution in [2.45, 2.75) is 56.2 Å². The highest BCUT2D eigenvalue weighted by atomic mass is 19.1. The molecule has 0 unspecified atom stereocenters. The Morgan fingerprint density at radius 1 is 1.26 bits per heavy atom. The zero-order chi connectivity index (χ0) is 16.1. The summed E-state index contributed by atoms with van der Waals surface area (Å²) in [6.45, 7) is 3.39. The van der Waals surface area contributed by atoms with E-state index in [1.165, 1.54) is 0 Å². The van der Waals surface area contributed by atoms with Crippen LogP contribution in [0.3, 0.4) is 0 Å². The molecule has 1 aliphatic carbocycles. The molecular weight excluding hydrogens is 299 g/mol. The lowest BCUT2D eigenvalue weighted by Gasteiger charge is -2.54. The van der Waals surface area contributed by atoms with Crippen LogP contribution in [-0.2, 0) is 14.3 Å². The second kappa shape index (κ2) is 5.43. The minimum atomic E-state index is -1.59. The Balaban J connectivity index is 1.24. The van der Waals surface area contributed by atoms with Crippen LogP contribution in [0.4, 0.5) is 4.39 Å². The second-order valence-corrected chi connectivity index (χ2v) is 7.82. The molecule has 0 radical (unpaired) electrons. The summed E-state index contributed by atoms with van der Waals surface area (Å²) in [7, 11) is 0. The number of hydrogen-bond donors (Lipinski definition) is 0. The number of rotatable bonds is 3. The van der Waals surface area contributed by atoms with E-state index in [-0.39, 0.29) is 17.4 Å². The molecule has 1 saturated carbocycles. The van der Waals surface area contributed by atoms with Crippen LogP contribution in [0.5, 0.6) is 0 Å². The maximum absolute atomic E-state index is 14.2. The Bertz CT molecular complexity index is 504. The maximum Gasteiger partial charge on any atom is 0.260 e. The minimum Gasteiger partial charge on any atom is -0.371 e. The normalized spacial score (nSPS) is 31.9. The fourth-order valence-corrected chi connectivity index (χ4v) is 4.30. The van der Waals surface area contributed by atoms with Gasteiger partial charge in [-0.1, -0.05) is 0 Å². The lowest BCUT2D eigenvalue weighted by Crippen LogP contribution is -2.69. The fourth-order valence-electron chi connectivity index (χ4n) is 4.30. The van der Waals surface area contributed by atoms with E-state index in [4.69, 9.17) is 4.74 Å². The summed E-state index contributed by atoms with van der Waals surface area (Å²) in [4.78, 5) is 27.4. The first-order valence-electron chi connectivity index (χ1n) is 8.90. The van der Waals surface area contributed by atoms with Crippen molar-refractivity contribution in [3.63, 3.8) is 0 Å². The number of halogens is 1. The van der Waals surface area contributed by atoms with Crippen molar-refractivity contribution in [3.8, 4) is 0 Å². The molecule has 0 N–H and O–H groups in total. The Labute approximate surface area is 136 Å². The molecule has 2 amide bonds. The van der Waals surface area contributed by atoms with Crippen LogP contribution in [0.15, 0.2) is 0 Å². The Kier molecular flexibility index (Phi) is 3.63. The number of amides is 2. The molecule has 3 heterocycles. The molecule has 1 spiro atoms. The van der Waals surface area contributed by atoms with Crippen LogP contribution >= 0.6 is 0 Å². The van der Waals surface area contributed by atoms with E-state index >= 15 is 0 Å². The van der Waals surface area contributed by atoms with Crippen molar-refractivity contribution >= 4 is 11.8 Å². The van der Waals surface area contributed by atoms with Gasteiger partial charge >= 0.3 is 0 Å². The van der Waals surface area contributed by atoms with Crippen molar-refractivity contribution < 1.29 is 18.7 Å². The molecule has 0 bridgehead atoms. The molecule has 6 heteroatoms. The van der Waals surface area contributed by atoms with Gasteiger partial charge in [0.2, 0.25) is 5.91 Å². The first kappa shape index (κ1) is 15.4. The Morgan fingerprint density at radius 3 is 2.57 bits per heavy atom.